The van der Waals surface area contributed by atoms with E-state index in [1.807, 2.05) is 5.38 Å². The molecule has 3 rings (SSSR count). The van der Waals surface area contributed by atoms with Crippen LogP contribution in [-0.4, -0.2) is 29.4 Å². The first kappa shape index (κ1) is 18.9. The molecular weight excluding hydrogens is 434 g/mol. The van der Waals surface area contributed by atoms with Gasteiger partial charge in [-0.1, -0.05) is 6.07 Å². The van der Waals surface area contributed by atoms with Crippen molar-refractivity contribution in [3.8, 4) is 0 Å². The number of halogens is 1. The Hall–Kier alpha value is -2.85. The summed E-state index contributed by atoms with van der Waals surface area (Å²) in [6.45, 7) is 0.150. The van der Waals surface area contributed by atoms with Gasteiger partial charge in [-0.2, -0.15) is 0 Å². The number of nitrogens with two attached hydrogens (primary N) is 1. The topological polar surface area (TPSA) is 129 Å². The molecule has 2 aromatic heterocycles. The molecule has 0 spiro atoms. The van der Waals surface area contributed by atoms with Crippen LogP contribution in [0.25, 0.3) is 10.2 Å². The van der Waals surface area contributed by atoms with Gasteiger partial charge in [-0.15, -0.1) is 11.3 Å². The van der Waals surface area contributed by atoms with Crippen molar-refractivity contribution in [3.63, 3.8) is 0 Å². The molecule has 0 radical (unpaired) electrons. The summed E-state index contributed by atoms with van der Waals surface area (Å²) < 4.78 is 1.89. The lowest BCUT2D eigenvalue weighted by Crippen LogP contribution is -2.31. The Bertz CT molecular complexity index is 1010. The van der Waals surface area contributed by atoms with Gasteiger partial charge in [0.1, 0.15) is 5.69 Å². The number of anilines is 2. The second-order valence-electron chi connectivity index (χ2n) is 5.64. The number of aromatic nitrogens is 1. The number of benzene rings is 1. The van der Waals surface area contributed by atoms with Gasteiger partial charge in [0.25, 0.3) is 5.91 Å². The average Bonchev–Trinajstić information content (AvgIpc) is 3.17. The third-order valence-electron chi connectivity index (χ3n) is 3.59. The molecule has 0 aliphatic carbocycles. The number of urea groups is 1. The highest BCUT2D eigenvalue weighted by Crippen LogP contribution is 2.30. The molecule has 0 bridgehead atoms. The van der Waals surface area contributed by atoms with Crippen LogP contribution in [0.3, 0.4) is 0 Å². The first-order valence-corrected chi connectivity index (χ1v) is 9.60. The summed E-state index contributed by atoms with van der Waals surface area (Å²) in [5.41, 5.74) is 7.38. The second kappa shape index (κ2) is 8.23. The first-order valence-electron chi connectivity index (χ1n) is 7.92. The zero-order valence-corrected chi connectivity index (χ0v) is 16.4. The van der Waals surface area contributed by atoms with E-state index in [-0.39, 0.29) is 18.9 Å². The molecule has 0 atom stereocenters. The van der Waals surface area contributed by atoms with E-state index in [9.17, 15) is 14.4 Å². The van der Waals surface area contributed by atoms with E-state index in [1.54, 1.807) is 30.3 Å². The summed E-state index contributed by atoms with van der Waals surface area (Å²) in [4.78, 5) is 38.0. The molecule has 3 aromatic rings. The van der Waals surface area contributed by atoms with Crippen molar-refractivity contribution in [2.45, 2.75) is 6.42 Å². The van der Waals surface area contributed by atoms with Crippen LogP contribution in [-0.2, 0) is 4.79 Å². The fourth-order valence-corrected chi connectivity index (χ4v) is 3.89. The van der Waals surface area contributed by atoms with Crippen LogP contribution in [0.5, 0.6) is 0 Å². The average molecular weight is 450 g/mol. The van der Waals surface area contributed by atoms with E-state index >= 15 is 0 Å². The van der Waals surface area contributed by atoms with E-state index in [0.717, 1.165) is 14.7 Å². The Kier molecular flexibility index (Phi) is 5.77. The molecule has 10 heteroatoms. The molecule has 1 aromatic carbocycles. The van der Waals surface area contributed by atoms with Crippen molar-refractivity contribution in [1.82, 2.24) is 10.3 Å². The van der Waals surface area contributed by atoms with Gasteiger partial charge in [-0.3, -0.25) is 9.59 Å². The van der Waals surface area contributed by atoms with E-state index in [4.69, 9.17) is 5.73 Å². The van der Waals surface area contributed by atoms with Gasteiger partial charge >= 0.3 is 6.03 Å². The van der Waals surface area contributed by atoms with Crippen molar-refractivity contribution < 1.29 is 14.4 Å². The minimum absolute atomic E-state index is 0.0627. The Balaban J connectivity index is 1.62. The van der Waals surface area contributed by atoms with Gasteiger partial charge in [0.15, 0.2) is 0 Å². The molecule has 140 valence electrons. The zero-order valence-electron chi connectivity index (χ0n) is 14.0. The van der Waals surface area contributed by atoms with Crippen molar-refractivity contribution in [3.05, 3.63) is 45.9 Å². The van der Waals surface area contributed by atoms with E-state index in [2.05, 4.69) is 36.9 Å². The molecule has 0 aliphatic rings. The number of nitrogens with one attached hydrogen (secondary N) is 4. The molecule has 0 saturated heterocycles. The molecular formula is C17H16BrN5O3S. The van der Waals surface area contributed by atoms with Crippen LogP contribution >= 0.6 is 27.3 Å². The number of rotatable bonds is 6. The van der Waals surface area contributed by atoms with Crippen LogP contribution in [0, 0.1) is 0 Å². The molecule has 0 saturated carbocycles. The molecule has 0 unspecified atom stereocenters. The summed E-state index contributed by atoms with van der Waals surface area (Å²) in [6, 6.07) is 8.06. The largest absolute Gasteiger partial charge is 0.370 e. The third kappa shape index (κ3) is 4.86. The standard InChI is InChI=1S/C17H16BrN5O3S/c18-11-8-27-13-7-12(23-15(11)13)16(25)21-9-2-1-3-10(6-9)22-17(26)20-5-4-14(19)24/h1-3,6-8,23H,4-5H2,(H2,19,24)(H,21,25)(H2,20,22,26). The molecule has 8 nitrogen and oxygen atoms in total. The normalized spacial score (nSPS) is 10.6. The number of primary amides is 1. The lowest BCUT2D eigenvalue weighted by Gasteiger charge is -2.09. The Labute approximate surface area is 166 Å². The van der Waals surface area contributed by atoms with Gasteiger partial charge in [0.05, 0.1) is 14.7 Å². The van der Waals surface area contributed by atoms with Crippen LogP contribution in [0.4, 0.5) is 16.2 Å². The van der Waals surface area contributed by atoms with Crippen molar-refractivity contribution in [1.29, 1.82) is 0 Å². The number of carbonyl (C=O) groups excluding carboxylic acids is 3. The summed E-state index contributed by atoms with van der Waals surface area (Å²) >= 11 is 4.96. The van der Waals surface area contributed by atoms with E-state index < -0.39 is 11.9 Å². The number of thiophene rings is 1. The van der Waals surface area contributed by atoms with Gasteiger partial charge in [0, 0.05) is 29.7 Å². The first-order chi connectivity index (χ1) is 12.9. The number of hydrogen-bond donors (Lipinski definition) is 5. The van der Waals surface area contributed by atoms with Crippen LogP contribution in [0.2, 0.25) is 0 Å². The zero-order chi connectivity index (χ0) is 19.4. The fraction of sp³-hybridized carbons (Fsp3) is 0.118. The highest BCUT2D eigenvalue weighted by Gasteiger charge is 2.13. The van der Waals surface area contributed by atoms with Gasteiger partial charge in [0.2, 0.25) is 5.91 Å². The monoisotopic (exact) mass is 449 g/mol. The fourth-order valence-electron chi connectivity index (χ4n) is 2.35. The quantitative estimate of drug-likeness (QED) is 0.395. The van der Waals surface area contributed by atoms with Gasteiger partial charge in [-0.05, 0) is 40.2 Å². The van der Waals surface area contributed by atoms with Crippen molar-refractivity contribution in [2.75, 3.05) is 17.2 Å². The maximum atomic E-state index is 12.4. The summed E-state index contributed by atoms with van der Waals surface area (Å²) in [5, 5.41) is 9.88. The molecule has 2 heterocycles. The predicted molar refractivity (Wildman–Crippen MR) is 109 cm³/mol. The smallest absolute Gasteiger partial charge is 0.319 e. The number of fused-ring (bicyclic) bond motifs is 1. The highest BCUT2D eigenvalue weighted by molar-refractivity contribution is 9.10. The number of amides is 4. The summed E-state index contributed by atoms with van der Waals surface area (Å²) in [6.07, 6.45) is 0.0627. The minimum atomic E-state index is -0.490. The molecule has 4 amide bonds. The second-order valence-corrected chi connectivity index (χ2v) is 7.40. The number of hydrogen-bond acceptors (Lipinski definition) is 4. The highest BCUT2D eigenvalue weighted by atomic mass is 79.9. The SMILES string of the molecule is NC(=O)CCNC(=O)Nc1cccc(NC(=O)c2cc3scc(Br)c3[nH]2)c1. The summed E-state index contributed by atoms with van der Waals surface area (Å²) in [5.74, 6) is -0.774. The lowest BCUT2D eigenvalue weighted by atomic mass is 10.2. The van der Waals surface area contributed by atoms with E-state index in [0.29, 0.717) is 17.1 Å². The number of carbonyl (C=O) groups is 3. The van der Waals surface area contributed by atoms with Gasteiger partial charge < -0.3 is 26.7 Å². The molecule has 0 fully saturated rings. The van der Waals surface area contributed by atoms with Crippen LogP contribution in [0.1, 0.15) is 16.9 Å². The van der Waals surface area contributed by atoms with Crippen LogP contribution < -0.4 is 21.7 Å². The number of aromatic amines is 1. The Morgan fingerprint density at radius 2 is 1.89 bits per heavy atom. The molecule has 6 N–H and O–H groups in total. The summed E-state index contributed by atoms with van der Waals surface area (Å²) in [7, 11) is 0. The van der Waals surface area contributed by atoms with Crippen LogP contribution in [0.15, 0.2) is 40.2 Å². The van der Waals surface area contributed by atoms with Crippen molar-refractivity contribution >= 4 is 66.7 Å². The number of H-pyrrole nitrogens is 1. The maximum Gasteiger partial charge on any atom is 0.319 e. The predicted octanol–water partition coefficient (Wildman–Crippen LogP) is 3.24. The minimum Gasteiger partial charge on any atom is -0.370 e. The molecule has 27 heavy (non-hydrogen) atoms. The maximum absolute atomic E-state index is 12.4. The Morgan fingerprint density at radius 1 is 1.15 bits per heavy atom. The molecule has 0 aliphatic heterocycles. The van der Waals surface area contributed by atoms with Gasteiger partial charge in [-0.25, -0.2) is 4.79 Å². The van der Waals surface area contributed by atoms with Crippen molar-refractivity contribution in [2.24, 2.45) is 5.73 Å². The lowest BCUT2D eigenvalue weighted by molar-refractivity contribution is -0.117. The Morgan fingerprint density at radius 3 is 2.59 bits per heavy atom. The third-order valence-corrected chi connectivity index (χ3v) is 5.45. The van der Waals surface area contributed by atoms with E-state index in [1.165, 1.54) is 11.3 Å².